The van der Waals surface area contributed by atoms with Crippen LogP contribution < -0.4 is 0 Å². The van der Waals surface area contributed by atoms with Crippen LogP contribution in [0, 0.1) is 0 Å². The van der Waals surface area contributed by atoms with Gasteiger partial charge >= 0.3 is 5.97 Å². The van der Waals surface area contributed by atoms with E-state index in [1.54, 1.807) is 49.4 Å². The van der Waals surface area contributed by atoms with Gasteiger partial charge in [-0.25, -0.2) is 4.79 Å². The van der Waals surface area contributed by atoms with Gasteiger partial charge in [-0.3, -0.25) is 4.79 Å². The van der Waals surface area contributed by atoms with Gasteiger partial charge in [-0.15, -0.1) is 0 Å². The molecule has 0 spiro atoms. The molecule has 0 bridgehead atoms. The van der Waals surface area contributed by atoms with Gasteiger partial charge in [0, 0.05) is 17.0 Å². The molecule has 2 aromatic rings. The van der Waals surface area contributed by atoms with E-state index in [0.29, 0.717) is 22.8 Å². The predicted molar refractivity (Wildman–Crippen MR) is 81.9 cm³/mol. The van der Waals surface area contributed by atoms with E-state index in [-0.39, 0.29) is 18.2 Å². The van der Waals surface area contributed by atoms with Gasteiger partial charge in [0.2, 0.25) is 0 Å². The second-order valence-electron chi connectivity index (χ2n) is 4.53. The Kier molecular flexibility index (Phi) is 5.12. The molecule has 4 heteroatoms. The summed E-state index contributed by atoms with van der Waals surface area (Å²) in [7, 11) is 0. The van der Waals surface area contributed by atoms with Crippen LogP contribution in [0.25, 0.3) is 0 Å². The van der Waals surface area contributed by atoms with Crippen LogP contribution in [0.15, 0.2) is 48.5 Å². The summed E-state index contributed by atoms with van der Waals surface area (Å²) in [6.45, 7) is 2.08. The standard InChI is InChI=1S/C17H15ClO3/c1-2-21-17(20)14-5-3-4-12(10-14)11-16(19)13-6-8-15(18)9-7-13/h3-10H,2,11H2,1H3. The molecule has 0 atom stereocenters. The minimum Gasteiger partial charge on any atom is -0.462 e. The van der Waals surface area contributed by atoms with Gasteiger partial charge in [-0.1, -0.05) is 23.7 Å². The Labute approximate surface area is 128 Å². The highest BCUT2D eigenvalue weighted by molar-refractivity contribution is 6.30. The van der Waals surface area contributed by atoms with Gasteiger partial charge < -0.3 is 4.74 Å². The van der Waals surface area contributed by atoms with Crippen LogP contribution in [-0.2, 0) is 11.2 Å². The number of esters is 1. The maximum Gasteiger partial charge on any atom is 0.338 e. The van der Waals surface area contributed by atoms with Crippen molar-refractivity contribution in [2.45, 2.75) is 13.3 Å². The Hall–Kier alpha value is -2.13. The van der Waals surface area contributed by atoms with E-state index in [9.17, 15) is 9.59 Å². The summed E-state index contributed by atoms with van der Waals surface area (Å²) < 4.78 is 4.95. The lowest BCUT2D eigenvalue weighted by Crippen LogP contribution is -2.07. The summed E-state index contributed by atoms with van der Waals surface area (Å²) >= 11 is 5.80. The van der Waals surface area contributed by atoms with E-state index in [2.05, 4.69) is 0 Å². The summed E-state index contributed by atoms with van der Waals surface area (Å²) in [5, 5.41) is 0.593. The number of Topliss-reactive ketones (excluding diaryl/α,β-unsaturated/α-hetero) is 1. The number of rotatable bonds is 5. The number of carbonyl (C=O) groups excluding carboxylic acids is 2. The number of hydrogen-bond donors (Lipinski definition) is 0. The Morgan fingerprint density at radius 2 is 1.76 bits per heavy atom. The van der Waals surface area contributed by atoms with Crippen LogP contribution in [-0.4, -0.2) is 18.4 Å². The number of halogens is 1. The number of ether oxygens (including phenoxy) is 1. The highest BCUT2D eigenvalue weighted by Gasteiger charge is 2.10. The maximum absolute atomic E-state index is 12.2. The van der Waals surface area contributed by atoms with Crippen molar-refractivity contribution in [3.8, 4) is 0 Å². The molecule has 0 N–H and O–H groups in total. The average Bonchev–Trinajstić information content (AvgIpc) is 2.48. The molecule has 0 fully saturated rings. The van der Waals surface area contributed by atoms with Crippen molar-refractivity contribution in [1.82, 2.24) is 0 Å². The normalized spacial score (nSPS) is 10.2. The van der Waals surface area contributed by atoms with E-state index in [1.165, 1.54) is 0 Å². The van der Waals surface area contributed by atoms with Crippen molar-refractivity contribution in [1.29, 1.82) is 0 Å². The molecule has 108 valence electrons. The first kappa shape index (κ1) is 15.3. The first-order valence-electron chi connectivity index (χ1n) is 6.65. The molecule has 0 saturated heterocycles. The fourth-order valence-electron chi connectivity index (χ4n) is 1.95. The van der Waals surface area contributed by atoms with E-state index in [1.807, 2.05) is 6.07 Å². The Balaban J connectivity index is 2.12. The molecule has 2 aromatic carbocycles. The SMILES string of the molecule is CCOC(=O)c1cccc(CC(=O)c2ccc(Cl)cc2)c1. The van der Waals surface area contributed by atoms with Crippen molar-refractivity contribution in [3.05, 3.63) is 70.2 Å². The fourth-order valence-corrected chi connectivity index (χ4v) is 2.07. The zero-order valence-corrected chi connectivity index (χ0v) is 12.4. The van der Waals surface area contributed by atoms with E-state index >= 15 is 0 Å². The largest absolute Gasteiger partial charge is 0.462 e. The third-order valence-corrected chi connectivity index (χ3v) is 3.22. The molecule has 0 unspecified atom stereocenters. The molecule has 21 heavy (non-hydrogen) atoms. The summed E-state index contributed by atoms with van der Waals surface area (Å²) in [5.74, 6) is -0.397. The third kappa shape index (κ3) is 4.17. The summed E-state index contributed by atoms with van der Waals surface area (Å²) in [6, 6.07) is 13.7. The molecule has 0 heterocycles. The van der Waals surface area contributed by atoms with Gasteiger partial charge in [0.25, 0.3) is 0 Å². The first-order valence-corrected chi connectivity index (χ1v) is 7.02. The Bertz CT molecular complexity index is 647. The minimum absolute atomic E-state index is 0.0207. The van der Waals surface area contributed by atoms with Crippen LogP contribution in [0.3, 0.4) is 0 Å². The summed E-state index contributed by atoms with van der Waals surface area (Å²) in [4.78, 5) is 23.8. The van der Waals surface area contributed by atoms with Gasteiger partial charge in [0.1, 0.15) is 0 Å². The van der Waals surface area contributed by atoms with Crippen LogP contribution in [0.2, 0.25) is 5.02 Å². The van der Waals surface area contributed by atoms with Crippen molar-refractivity contribution in [2.24, 2.45) is 0 Å². The fraction of sp³-hybridized carbons (Fsp3) is 0.176. The molecule has 0 saturated carbocycles. The van der Waals surface area contributed by atoms with Gasteiger partial charge in [0.15, 0.2) is 5.78 Å². The Morgan fingerprint density at radius 3 is 2.43 bits per heavy atom. The monoisotopic (exact) mass is 302 g/mol. The van der Waals surface area contributed by atoms with Crippen LogP contribution in [0.1, 0.15) is 33.2 Å². The Morgan fingerprint density at radius 1 is 1.05 bits per heavy atom. The molecule has 0 aliphatic carbocycles. The van der Waals surface area contributed by atoms with Crippen molar-refractivity contribution < 1.29 is 14.3 Å². The lowest BCUT2D eigenvalue weighted by atomic mass is 10.0. The molecule has 0 amide bonds. The van der Waals surface area contributed by atoms with Crippen molar-refractivity contribution in [3.63, 3.8) is 0 Å². The highest BCUT2D eigenvalue weighted by Crippen LogP contribution is 2.14. The van der Waals surface area contributed by atoms with Crippen molar-refractivity contribution in [2.75, 3.05) is 6.61 Å². The van der Waals surface area contributed by atoms with E-state index < -0.39 is 0 Å². The lowest BCUT2D eigenvalue weighted by Gasteiger charge is -2.05. The smallest absolute Gasteiger partial charge is 0.338 e. The minimum atomic E-state index is -0.377. The molecule has 2 rings (SSSR count). The number of ketones is 1. The molecule has 0 aliphatic heterocycles. The molecule has 0 aromatic heterocycles. The van der Waals surface area contributed by atoms with Crippen LogP contribution >= 0.6 is 11.6 Å². The number of benzene rings is 2. The zero-order chi connectivity index (χ0) is 15.2. The highest BCUT2D eigenvalue weighted by atomic mass is 35.5. The van der Waals surface area contributed by atoms with Crippen LogP contribution in [0.5, 0.6) is 0 Å². The van der Waals surface area contributed by atoms with Gasteiger partial charge in [0.05, 0.1) is 12.2 Å². The second-order valence-corrected chi connectivity index (χ2v) is 4.96. The van der Waals surface area contributed by atoms with Crippen LogP contribution in [0.4, 0.5) is 0 Å². The molecule has 3 nitrogen and oxygen atoms in total. The topological polar surface area (TPSA) is 43.4 Å². The first-order chi connectivity index (χ1) is 10.1. The van der Waals surface area contributed by atoms with Gasteiger partial charge in [-0.2, -0.15) is 0 Å². The summed E-state index contributed by atoms with van der Waals surface area (Å²) in [6.07, 6.45) is 0.231. The molecular formula is C17H15ClO3. The molecule has 0 radical (unpaired) electrons. The van der Waals surface area contributed by atoms with E-state index in [0.717, 1.165) is 5.56 Å². The third-order valence-electron chi connectivity index (χ3n) is 2.97. The lowest BCUT2D eigenvalue weighted by molar-refractivity contribution is 0.0526. The number of carbonyl (C=O) groups is 2. The average molecular weight is 303 g/mol. The maximum atomic E-state index is 12.2. The predicted octanol–water partition coefficient (Wildman–Crippen LogP) is 3.94. The zero-order valence-electron chi connectivity index (χ0n) is 11.6. The second kappa shape index (κ2) is 7.04. The van der Waals surface area contributed by atoms with Crippen molar-refractivity contribution >= 4 is 23.4 Å². The summed E-state index contributed by atoms with van der Waals surface area (Å²) in [5.41, 5.74) is 1.83. The quantitative estimate of drug-likeness (QED) is 0.620. The van der Waals surface area contributed by atoms with E-state index in [4.69, 9.17) is 16.3 Å². The number of hydrogen-bond acceptors (Lipinski definition) is 3. The molecule has 0 aliphatic rings. The molecular weight excluding hydrogens is 288 g/mol. The van der Waals surface area contributed by atoms with Gasteiger partial charge in [-0.05, 0) is 48.9 Å².